The number of aromatic nitrogens is 2. The molecule has 2 heterocycles. The van der Waals surface area contributed by atoms with Gasteiger partial charge in [-0.1, -0.05) is 43.3 Å². The Labute approximate surface area is 194 Å². The highest BCUT2D eigenvalue weighted by Crippen LogP contribution is 2.25. The summed E-state index contributed by atoms with van der Waals surface area (Å²) in [5, 5.41) is 7.31. The molecule has 7 heteroatoms. The van der Waals surface area contributed by atoms with E-state index in [0.29, 0.717) is 26.1 Å². The molecular weight excluding hydrogens is 416 g/mol. The van der Waals surface area contributed by atoms with E-state index in [2.05, 4.69) is 16.5 Å². The molecule has 3 aromatic rings. The van der Waals surface area contributed by atoms with Crippen molar-refractivity contribution >= 4 is 11.8 Å². The molecule has 1 aliphatic rings. The molecule has 0 spiro atoms. The maximum Gasteiger partial charge on any atom is 0.243 e. The van der Waals surface area contributed by atoms with Gasteiger partial charge in [0.25, 0.3) is 0 Å². The van der Waals surface area contributed by atoms with Gasteiger partial charge in [-0.25, -0.2) is 0 Å². The van der Waals surface area contributed by atoms with Crippen molar-refractivity contribution in [2.24, 2.45) is 5.92 Å². The van der Waals surface area contributed by atoms with E-state index in [1.807, 2.05) is 68.6 Å². The Bertz CT molecular complexity index is 1120. The molecule has 7 nitrogen and oxygen atoms in total. The molecule has 1 aromatic heterocycles. The van der Waals surface area contributed by atoms with Crippen molar-refractivity contribution in [2.45, 2.75) is 32.9 Å². The van der Waals surface area contributed by atoms with Gasteiger partial charge >= 0.3 is 0 Å². The van der Waals surface area contributed by atoms with Crippen LogP contribution >= 0.6 is 0 Å². The summed E-state index contributed by atoms with van der Waals surface area (Å²) in [6.45, 7) is 5.29. The molecule has 0 saturated carbocycles. The van der Waals surface area contributed by atoms with Crippen molar-refractivity contribution in [1.29, 1.82) is 0 Å². The predicted molar refractivity (Wildman–Crippen MR) is 127 cm³/mol. The van der Waals surface area contributed by atoms with Gasteiger partial charge in [-0.2, -0.15) is 5.10 Å². The van der Waals surface area contributed by atoms with Crippen molar-refractivity contribution in [1.82, 2.24) is 20.0 Å². The fraction of sp³-hybridized carbons (Fsp3) is 0.346. The molecule has 0 unspecified atom stereocenters. The molecule has 2 amide bonds. The van der Waals surface area contributed by atoms with Gasteiger partial charge in [0.05, 0.1) is 25.3 Å². The number of carbonyl (C=O) groups is 2. The molecule has 2 aromatic carbocycles. The number of nitrogens with zero attached hydrogens (tertiary/aromatic N) is 3. The Morgan fingerprint density at radius 2 is 1.97 bits per heavy atom. The second kappa shape index (κ2) is 9.90. The first-order valence-electron chi connectivity index (χ1n) is 11.3. The third kappa shape index (κ3) is 5.25. The van der Waals surface area contributed by atoms with Gasteiger partial charge < -0.3 is 15.0 Å². The maximum absolute atomic E-state index is 13.3. The Hall–Kier alpha value is -3.61. The highest BCUT2D eigenvalue weighted by molar-refractivity contribution is 5.89. The van der Waals surface area contributed by atoms with Crippen molar-refractivity contribution in [2.75, 3.05) is 20.2 Å². The predicted octanol–water partition coefficient (Wildman–Crippen LogP) is 3.07. The number of amides is 2. The summed E-state index contributed by atoms with van der Waals surface area (Å²) in [7, 11) is 1.65. The zero-order valence-electron chi connectivity index (χ0n) is 19.3. The van der Waals surface area contributed by atoms with Crippen LogP contribution in [0.15, 0.2) is 60.8 Å². The van der Waals surface area contributed by atoms with Crippen LogP contribution in [0.25, 0.3) is 11.1 Å². The van der Waals surface area contributed by atoms with Gasteiger partial charge in [0.2, 0.25) is 11.8 Å². The van der Waals surface area contributed by atoms with Gasteiger partial charge in [-0.15, -0.1) is 0 Å². The molecule has 1 saturated heterocycles. The van der Waals surface area contributed by atoms with E-state index in [1.165, 1.54) is 0 Å². The van der Waals surface area contributed by atoms with E-state index < -0.39 is 6.04 Å². The van der Waals surface area contributed by atoms with Crippen molar-refractivity contribution < 1.29 is 14.3 Å². The molecule has 1 N–H and O–H groups in total. The Balaban J connectivity index is 1.51. The first-order chi connectivity index (χ1) is 15.9. The average molecular weight is 447 g/mol. The highest BCUT2D eigenvalue weighted by atomic mass is 16.5. The minimum absolute atomic E-state index is 0.0192. The molecule has 172 valence electrons. The largest absolute Gasteiger partial charge is 0.497 e. The lowest BCUT2D eigenvalue weighted by molar-refractivity contribution is -0.146. The minimum Gasteiger partial charge on any atom is -0.497 e. The van der Waals surface area contributed by atoms with E-state index in [9.17, 15) is 9.59 Å². The maximum atomic E-state index is 13.3. The summed E-state index contributed by atoms with van der Waals surface area (Å²) in [5.41, 5.74) is 4.06. The fourth-order valence-electron chi connectivity index (χ4n) is 4.27. The molecule has 1 fully saturated rings. The number of ether oxygens (including phenoxy) is 1. The lowest BCUT2D eigenvalue weighted by Gasteiger charge is -2.36. The minimum atomic E-state index is -0.529. The van der Waals surface area contributed by atoms with Gasteiger partial charge in [-0.3, -0.25) is 14.3 Å². The monoisotopic (exact) mass is 446 g/mol. The van der Waals surface area contributed by atoms with E-state index in [-0.39, 0.29) is 17.7 Å². The molecule has 2 atom stereocenters. The molecule has 4 rings (SSSR count). The lowest BCUT2D eigenvalue weighted by atomic mass is 9.96. The highest BCUT2D eigenvalue weighted by Gasteiger charge is 2.35. The summed E-state index contributed by atoms with van der Waals surface area (Å²) in [4.78, 5) is 27.8. The molecule has 0 bridgehead atoms. The normalized spacial score (nSPS) is 16.9. The topological polar surface area (TPSA) is 76.5 Å². The first kappa shape index (κ1) is 22.6. The van der Waals surface area contributed by atoms with Crippen LogP contribution in [-0.4, -0.2) is 52.7 Å². The van der Waals surface area contributed by atoms with Crippen LogP contribution in [0.5, 0.6) is 5.75 Å². The number of nitrogens with one attached hydrogen (secondary N) is 1. The quantitative estimate of drug-likeness (QED) is 0.605. The molecular formula is C26H30N4O3. The third-order valence-electron chi connectivity index (χ3n) is 6.05. The number of carbonyl (C=O) groups excluding carboxylic acids is 2. The van der Waals surface area contributed by atoms with E-state index in [0.717, 1.165) is 28.1 Å². The van der Waals surface area contributed by atoms with Crippen LogP contribution in [-0.2, 0) is 22.6 Å². The number of piperazine rings is 1. The van der Waals surface area contributed by atoms with Crippen LogP contribution < -0.4 is 10.1 Å². The Morgan fingerprint density at radius 3 is 2.67 bits per heavy atom. The zero-order valence-corrected chi connectivity index (χ0v) is 19.3. The Kier molecular flexibility index (Phi) is 6.77. The number of hydrogen-bond donors (Lipinski definition) is 1. The average Bonchev–Trinajstić information content (AvgIpc) is 3.24. The van der Waals surface area contributed by atoms with Gasteiger partial charge in [0, 0.05) is 25.7 Å². The molecule has 1 aliphatic heterocycles. The standard InChI is InChI=1S/C26H30N4O3/c1-18(17-29-13-11-19(2)28-29)26(32)30-14-12-27-25(31)24(30)16-20-5-4-6-22(15-20)21-7-9-23(33-3)10-8-21/h4-11,13,15,18,24H,12,14,16-17H2,1-3H3,(H,27,31)/t18-,24+/m0/s1. The third-order valence-corrected chi connectivity index (χ3v) is 6.05. The summed E-state index contributed by atoms with van der Waals surface area (Å²) in [6, 6.07) is 17.4. The van der Waals surface area contributed by atoms with Gasteiger partial charge in [0.1, 0.15) is 11.8 Å². The van der Waals surface area contributed by atoms with Crippen LogP contribution in [0.3, 0.4) is 0 Å². The SMILES string of the molecule is COc1ccc(-c2cccc(C[C@@H]3C(=O)NCCN3C(=O)[C@@H](C)Cn3ccc(C)n3)c2)cc1. The summed E-state index contributed by atoms with van der Waals surface area (Å²) < 4.78 is 7.03. The number of rotatable bonds is 7. The van der Waals surface area contributed by atoms with Crippen molar-refractivity contribution in [3.8, 4) is 16.9 Å². The first-order valence-corrected chi connectivity index (χ1v) is 11.3. The summed E-state index contributed by atoms with van der Waals surface area (Å²) in [5.74, 6) is 0.409. The number of aryl methyl sites for hydroxylation is 1. The molecule has 0 aliphatic carbocycles. The van der Waals surface area contributed by atoms with Gasteiger partial charge in [-0.05, 0) is 41.8 Å². The van der Waals surface area contributed by atoms with Crippen molar-refractivity contribution in [3.05, 3.63) is 72.1 Å². The van der Waals surface area contributed by atoms with E-state index in [1.54, 1.807) is 16.7 Å². The van der Waals surface area contributed by atoms with Crippen molar-refractivity contribution in [3.63, 3.8) is 0 Å². The second-order valence-corrected chi connectivity index (χ2v) is 8.55. The Morgan fingerprint density at radius 1 is 1.18 bits per heavy atom. The zero-order chi connectivity index (χ0) is 23.4. The summed E-state index contributed by atoms with van der Waals surface area (Å²) >= 11 is 0. The van der Waals surface area contributed by atoms with Crippen LogP contribution in [0.4, 0.5) is 0 Å². The summed E-state index contributed by atoms with van der Waals surface area (Å²) in [6.07, 6.45) is 2.35. The fourth-order valence-corrected chi connectivity index (χ4v) is 4.27. The van der Waals surface area contributed by atoms with E-state index in [4.69, 9.17) is 4.74 Å². The van der Waals surface area contributed by atoms with Crippen LogP contribution in [0, 0.1) is 12.8 Å². The molecule has 33 heavy (non-hydrogen) atoms. The van der Waals surface area contributed by atoms with E-state index >= 15 is 0 Å². The van der Waals surface area contributed by atoms with Crippen LogP contribution in [0.2, 0.25) is 0 Å². The number of benzene rings is 2. The van der Waals surface area contributed by atoms with Crippen LogP contribution in [0.1, 0.15) is 18.2 Å². The smallest absolute Gasteiger partial charge is 0.243 e. The number of methoxy groups -OCH3 is 1. The molecule has 0 radical (unpaired) electrons. The lowest BCUT2D eigenvalue weighted by Crippen LogP contribution is -2.59. The number of hydrogen-bond acceptors (Lipinski definition) is 4. The second-order valence-electron chi connectivity index (χ2n) is 8.55. The van der Waals surface area contributed by atoms with Gasteiger partial charge in [0.15, 0.2) is 0 Å².